The van der Waals surface area contributed by atoms with E-state index in [2.05, 4.69) is 102 Å². The van der Waals surface area contributed by atoms with Gasteiger partial charge < -0.3 is 10.2 Å². The molecular formula is C31H45N3O. The van der Waals surface area contributed by atoms with Crippen LogP contribution in [0.5, 0.6) is 0 Å². The number of rotatable bonds is 7. The maximum Gasteiger partial charge on any atom is 0.324 e. The Hall–Kier alpha value is -2.62. The molecule has 0 unspecified atom stereocenters. The lowest BCUT2D eigenvalue weighted by atomic mass is 9.92. The maximum absolute atomic E-state index is 6.16. The van der Waals surface area contributed by atoms with Crippen molar-refractivity contribution in [1.29, 1.82) is 0 Å². The fraction of sp³-hybridized carbons (Fsp3) is 0.548. The first-order valence-corrected chi connectivity index (χ1v) is 13.5. The fourth-order valence-electron chi connectivity index (χ4n) is 4.77. The number of benzene rings is 2. The Morgan fingerprint density at radius 3 is 1.60 bits per heavy atom. The molecule has 35 heavy (non-hydrogen) atoms. The summed E-state index contributed by atoms with van der Waals surface area (Å²) in [6.45, 7) is 17.8. The molecule has 0 radical (unpaired) electrons. The second-order valence-corrected chi connectivity index (χ2v) is 11.1. The van der Waals surface area contributed by atoms with Gasteiger partial charge in [-0.15, -0.1) is 0 Å². The van der Waals surface area contributed by atoms with Crippen molar-refractivity contribution < 1.29 is 4.84 Å². The molecule has 1 aliphatic rings. The molecule has 4 nitrogen and oxygen atoms in total. The van der Waals surface area contributed by atoms with Crippen molar-refractivity contribution in [3.63, 3.8) is 0 Å². The van der Waals surface area contributed by atoms with E-state index in [0.29, 0.717) is 29.7 Å². The quantitative estimate of drug-likeness (QED) is 0.246. The molecule has 1 saturated carbocycles. The Labute approximate surface area is 213 Å². The monoisotopic (exact) mass is 475 g/mol. The SMILES string of the molecule is CC(C)c1cccc(C(C)C)c1N=C(Nc1c(C(C)C)cccc1C(C)C)ON=C1CCCCC1. The highest BCUT2D eigenvalue weighted by molar-refractivity contribution is 5.94. The van der Waals surface area contributed by atoms with Crippen LogP contribution in [0.3, 0.4) is 0 Å². The summed E-state index contributed by atoms with van der Waals surface area (Å²) in [7, 11) is 0. The lowest BCUT2D eigenvalue weighted by Crippen LogP contribution is -2.19. The molecule has 2 aromatic rings. The third-order valence-electron chi connectivity index (χ3n) is 6.85. The maximum atomic E-state index is 6.16. The minimum atomic E-state index is 0.354. The van der Waals surface area contributed by atoms with Gasteiger partial charge in [0.25, 0.3) is 0 Å². The third kappa shape index (κ3) is 6.96. The first-order chi connectivity index (χ1) is 16.7. The van der Waals surface area contributed by atoms with Crippen LogP contribution >= 0.6 is 0 Å². The second-order valence-electron chi connectivity index (χ2n) is 11.1. The number of aliphatic imine (C=N–C) groups is 1. The minimum absolute atomic E-state index is 0.354. The van der Waals surface area contributed by atoms with Crippen LogP contribution in [0.1, 0.15) is 133 Å². The predicted octanol–water partition coefficient (Wildman–Crippen LogP) is 9.62. The predicted molar refractivity (Wildman–Crippen MR) is 152 cm³/mol. The van der Waals surface area contributed by atoms with E-state index in [9.17, 15) is 0 Å². The van der Waals surface area contributed by atoms with E-state index in [1.807, 2.05) is 0 Å². The molecule has 1 N–H and O–H groups in total. The summed E-state index contributed by atoms with van der Waals surface area (Å²) in [6, 6.07) is 13.5. The zero-order valence-electron chi connectivity index (χ0n) is 23.1. The van der Waals surface area contributed by atoms with Crippen molar-refractivity contribution in [2.45, 2.75) is 111 Å². The minimum Gasteiger partial charge on any atom is -0.317 e. The zero-order valence-corrected chi connectivity index (χ0v) is 23.1. The van der Waals surface area contributed by atoms with Crippen LogP contribution in [-0.4, -0.2) is 11.7 Å². The highest BCUT2D eigenvalue weighted by atomic mass is 16.6. The lowest BCUT2D eigenvalue weighted by Gasteiger charge is -2.22. The number of nitrogens with zero attached hydrogens (tertiary/aromatic N) is 2. The van der Waals surface area contributed by atoms with Gasteiger partial charge in [-0.2, -0.15) is 4.99 Å². The molecule has 1 aliphatic carbocycles. The summed E-state index contributed by atoms with van der Waals surface area (Å²) in [5.74, 6) is 1.45. The van der Waals surface area contributed by atoms with Gasteiger partial charge in [0.1, 0.15) is 0 Å². The van der Waals surface area contributed by atoms with Gasteiger partial charge in [-0.05, 0) is 71.6 Å². The normalized spacial score (nSPS) is 14.9. The molecule has 190 valence electrons. The van der Waals surface area contributed by atoms with Gasteiger partial charge in [0.2, 0.25) is 0 Å². The Kier molecular flexibility index (Phi) is 9.54. The molecule has 4 heteroatoms. The summed E-state index contributed by atoms with van der Waals surface area (Å²) < 4.78 is 0. The molecule has 0 amide bonds. The third-order valence-corrected chi connectivity index (χ3v) is 6.85. The highest BCUT2D eigenvalue weighted by Gasteiger charge is 2.19. The zero-order chi connectivity index (χ0) is 25.5. The molecule has 2 aromatic carbocycles. The first-order valence-electron chi connectivity index (χ1n) is 13.5. The van der Waals surface area contributed by atoms with Gasteiger partial charge in [0.05, 0.1) is 11.4 Å². The van der Waals surface area contributed by atoms with Crippen LogP contribution in [0.25, 0.3) is 0 Å². The molecule has 1 fully saturated rings. The Morgan fingerprint density at radius 2 is 1.14 bits per heavy atom. The van der Waals surface area contributed by atoms with Gasteiger partial charge in [-0.1, -0.05) is 103 Å². The molecule has 0 atom stereocenters. The van der Waals surface area contributed by atoms with Gasteiger partial charge >= 0.3 is 6.02 Å². The van der Waals surface area contributed by atoms with Crippen molar-refractivity contribution in [2.75, 3.05) is 5.32 Å². The summed E-state index contributed by atoms with van der Waals surface area (Å²) in [5, 5.41) is 8.22. The van der Waals surface area contributed by atoms with Crippen LogP contribution in [0.15, 0.2) is 46.5 Å². The highest BCUT2D eigenvalue weighted by Crippen LogP contribution is 2.36. The molecule has 0 aliphatic heterocycles. The van der Waals surface area contributed by atoms with Crippen LogP contribution in [0.4, 0.5) is 11.4 Å². The van der Waals surface area contributed by atoms with E-state index in [-0.39, 0.29) is 0 Å². The van der Waals surface area contributed by atoms with Crippen molar-refractivity contribution in [3.05, 3.63) is 58.7 Å². The van der Waals surface area contributed by atoms with Crippen molar-refractivity contribution in [3.8, 4) is 0 Å². The molecule has 0 aromatic heterocycles. The summed E-state index contributed by atoms with van der Waals surface area (Å²) in [4.78, 5) is 11.3. The van der Waals surface area contributed by atoms with Crippen LogP contribution in [0.2, 0.25) is 0 Å². The molecule has 0 saturated heterocycles. The van der Waals surface area contributed by atoms with Crippen molar-refractivity contribution in [1.82, 2.24) is 0 Å². The topological polar surface area (TPSA) is 46.0 Å². The van der Waals surface area contributed by atoms with Crippen LogP contribution < -0.4 is 5.32 Å². The van der Waals surface area contributed by atoms with Gasteiger partial charge in [0.15, 0.2) is 0 Å². The number of hydrogen-bond acceptors (Lipinski definition) is 3. The fourth-order valence-corrected chi connectivity index (χ4v) is 4.77. The average Bonchev–Trinajstić information content (AvgIpc) is 2.82. The van der Waals surface area contributed by atoms with Crippen molar-refractivity contribution in [2.24, 2.45) is 10.1 Å². The summed E-state index contributed by atoms with van der Waals surface area (Å²) in [6.07, 6.45) is 5.66. The van der Waals surface area contributed by atoms with Crippen molar-refractivity contribution >= 4 is 23.1 Å². The van der Waals surface area contributed by atoms with Gasteiger partial charge in [0, 0.05) is 5.69 Å². The molecule has 0 heterocycles. The average molecular weight is 476 g/mol. The molecule has 3 rings (SSSR count). The van der Waals surface area contributed by atoms with Crippen LogP contribution in [0, 0.1) is 0 Å². The van der Waals surface area contributed by atoms with Crippen LogP contribution in [-0.2, 0) is 4.84 Å². The molecular weight excluding hydrogens is 430 g/mol. The number of para-hydroxylation sites is 2. The number of hydrogen-bond donors (Lipinski definition) is 1. The molecule has 0 spiro atoms. The van der Waals surface area contributed by atoms with Gasteiger partial charge in [-0.3, -0.25) is 0 Å². The van der Waals surface area contributed by atoms with E-state index < -0.39 is 0 Å². The lowest BCUT2D eigenvalue weighted by molar-refractivity contribution is 0.322. The van der Waals surface area contributed by atoms with E-state index >= 15 is 0 Å². The first kappa shape index (κ1) is 27.0. The second kappa shape index (κ2) is 12.4. The largest absolute Gasteiger partial charge is 0.324 e. The van der Waals surface area contributed by atoms with E-state index in [1.165, 1.54) is 41.5 Å². The van der Waals surface area contributed by atoms with E-state index in [0.717, 1.165) is 29.9 Å². The van der Waals surface area contributed by atoms with E-state index in [4.69, 9.17) is 9.83 Å². The number of amidine groups is 1. The number of nitrogens with one attached hydrogen (secondary N) is 1. The van der Waals surface area contributed by atoms with Gasteiger partial charge in [-0.25, -0.2) is 0 Å². The Bertz CT molecular complexity index is 987. The standard InChI is InChI=1S/C31H45N3O/c1-20(2)25-16-12-17-26(21(3)4)29(25)32-31(35-34-24-14-10-9-11-15-24)33-30-27(22(5)6)18-13-19-28(30)23(7)8/h12-13,16-23H,9-11,14-15H2,1-8H3,(H,32,33). The molecule has 0 bridgehead atoms. The smallest absolute Gasteiger partial charge is 0.317 e. The number of oxime groups is 1. The Morgan fingerprint density at radius 1 is 0.686 bits per heavy atom. The van der Waals surface area contributed by atoms with E-state index in [1.54, 1.807) is 0 Å². The summed E-state index contributed by atoms with van der Waals surface area (Å²) in [5.41, 5.74) is 8.20. The summed E-state index contributed by atoms with van der Waals surface area (Å²) >= 11 is 0. The number of anilines is 1. The Balaban J connectivity index is 2.15.